The molecule has 0 aliphatic rings. The molecule has 2 heteroatoms. The van der Waals surface area contributed by atoms with Gasteiger partial charge in [-0.1, -0.05) is 42.5 Å². The summed E-state index contributed by atoms with van der Waals surface area (Å²) >= 11 is 0. The van der Waals surface area contributed by atoms with Crippen molar-refractivity contribution in [3.05, 3.63) is 48.0 Å². The summed E-state index contributed by atoms with van der Waals surface area (Å²) in [5.41, 5.74) is 1.12. The average molecular weight is 208 g/mol. The maximum absolute atomic E-state index is 12.5. The molecule has 0 saturated carbocycles. The van der Waals surface area contributed by atoms with Gasteiger partial charge >= 0.3 is 0 Å². The molecule has 0 radical (unpaired) electrons. The molecule has 15 heavy (non-hydrogen) atoms. The van der Waals surface area contributed by atoms with Gasteiger partial charge in [0.1, 0.15) is 6.17 Å². The van der Waals surface area contributed by atoms with E-state index in [0.717, 1.165) is 5.56 Å². The molecule has 0 aliphatic carbocycles. The molecule has 2 unspecified atom stereocenters. The van der Waals surface area contributed by atoms with Crippen molar-refractivity contribution in [2.45, 2.75) is 25.6 Å². The number of halogens is 1. The Hall–Kier alpha value is -1.15. The number of rotatable bonds is 5. The van der Waals surface area contributed by atoms with Crippen LogP contribution in [0, 0.1) is 0 Å². The molecule has 0 saturated heterocycles. The molecule has 1 rings (SSSR count). The highest BCUT2D eigenvalue weighted by molar-refractivity contribution is 5.18. The SMILES string of the molecule is COC(C/C=C/C(C)F)c1ccccc1. The molecular formula is C13H17FO. The first-order valence-corrected chi connectivity index (χ1v) is 5.12. The van der Waals surface area contributed by atoms with Gasteiger partial charge in [0.25, 0.3) is 0 Å². The molecule has 0 spiro atoms. The number of hydrogen-bond donors (Lipinski definition) is 0. The second-order valence-corrected chi connectivity index (χ2v) is 3.48. The number of allylic oxidation sites excluding steroid dienone is 1. The Kier molecular flexibility index (Phi) is 5.05. The third-order valence-corrected chi connectivity index (χ3v) is 2.21. The van der Waals surface area contributed by atoms with E-state index in [2.05, 4.69) is 0 Å². The summed E-state index contributed by atoms with van der Waals surface area (Å²) in [7, 11) is 1.67. The normalized spacial score (nSPS) is 15.4. The van der Waals surface area contributed by atoms with Gasteiger partial charge in [0.15, 0.2) is 0 Å². The molecule has 0 heterocycles. The number of benzene rings is 1. The number of methoxy groups -OCH3 is 1. The summed E-state index contributed by atoms with van der Waals surface area (Å²) in [6.45, 7) is 1.51. The van der Waals surface area contributed by atoms with Crippen LogP contribution in [0.3, 0.4) is 0 Å². The number of alkyl halides is 1. The van der Waals surface area contributed by atoms with Gasteiger partial charge in [0.2, 0.25) is 0 Å². The molecule has 0 bridgehead atoms. The molecule has 1 nitrogen and oxygen atoms in total. The predicted molar refractivity (Wildman–Crippen MR) is 60.5 cm³/mol. The molecule has 0 aliphatic heterocycles. The van der Waals surface area contributed by atoms with Gasteiger partial charge in [0, 0.05) is 7.11 Å². The van der Waals surface area contributed by atoms with Crippen LogP contribution in [-0.2, 0) is 4.74 Å². The van der Waals surface area contributed by atoms with Gasteiger partial charge in [-0.2, -0.15) is 0 Å². The van der Waals surface area contributed by atoms with E-state index >= 15 is 0 Å². The minimum atomic E-state index is -0.890. The van der Waals surface area contributed by atoms with E-state index in [1.807, 2.05) is 36.4 Å². The average Bonchev–Trinajstić information content (AvgIpc) is 2.25. The van der Waals surface area contributed by atoms with Crippen LogP contribution >= 0.6 is 0 Å². The molecule has 0 aromatic heterocycles. The van der Waals surface area contributed by atoms with Crippen molar-refractivity contribution >= 4 is 0 Å². The van der Waals surface area contributed by atoms with Crippen molar-refractivity contribution in [1.82, 2.24) is 0 Å². The summed E-state index contributed by atoms with van der Waals surface area (Å²) in [5, 5.41) is 0. The highest BCUT2D eigenvalue weighted by Gasteiger charge is 2.07. The summed E-state index contributed by atoms with van der Waals surface area (Å²) in [6.07, 6.45) is 3.20. The van der Waals surface area contributed by atoms with Crippen molar-refractivity contribution in [3.63, 3.8) is 0 Å². The van der Waals surface area contributed by atoms with Crippen LogP contribution in [0.1, 0.15) is 25.0 Å². The van der Waals surface area contributed by atoms with Crippen LogP contribution in [0.4, 0.5) is 4.39 Å². The molecule has 0 amide bonds. The lowest BCUT2D eigenvalue weighted by atomic mass is 10.1. The van der Waals surface area contributed by atoms with E-state index in [9.17, 15) is 4.39 Å². The summed E-state index contributed by atoms with van der Waals surface area (Å²) in [4.78, 5) is 0. The Morgan fingerprint density at radius 2 is 2.00 bits per heavy atom. The minimum Gasteiger partial charge on any atom is -0.376 e. The van der Waals surface area contributed by atoms with Crippen LogP contribution in [0.15, 0.2) is 42.5 Å². The Morgan fingerprint density at radius 1 is 1.33 bits per heavy atom. The Balaban J connectivity index is 2.57. The molecule has 82 valence electrons. The first-order valence-electron chi connectivity index (χ1n) is 5.12. The number of hydrogen-bond acceptors (Lipinski definition) is 1. The van der Waals surface area contributed by atoms with Crippen LogP contribution in [-0.4, -0.2) is 13.3 Å². The Morgan fingerprint density at radius 3 is 2.53 bits per heavy atom. The highest BCUT2D eigenvalue weighted by atomic mass is 19.1. The van der Waals surface area contributed by atoms with E-state index < -0.39 is 6.17 Å². The van der Waals surface area contributed by atoms with Crippen LogP contribution in [0.5, 0.6) is 0 Å². The standard InChI is InChI=1S/C13H17FO/c1-11(14)7-6-10-13(15-2)12-8-4-3-5-9-12/h3-9,11,13H,10H2,1-2H3/b7-6+. The fourth-order valence-corrected chi connectivity index (χ4v) is 1.43. The van der Waals surface area contributed by atoms with Gasteiger partial charge in [0.05, 0.1) is 6.10 Å². The minimum absolute atomic E-state index is 0.0150. The first kappa shape index (κ1) is 11.9. The molecule has 1 aromatic carbocycles. The van der Waals surface area contributed by atoms with Gasteiger partial charge in [-0.05, 0) is 18.9 Å². The van der Waals surface area contributed by atoms with E-state index in [4.69, 9.17) is 4.74 Å². The lowest BCUT2D eigenvalue weighted by Crippen LogP contribution is -1.99. The zero-order valence-electron chi connectivity index (χ0n) is 9.19. The van der Waals surface area contributed by atoms with Gasteiger partial charge in [-0.25, -0.2) is 4.39 Å². The topological polar surface area (TPSA) is 9.23 Å². The lowest BCUT2D eigenvalue weighted by Gasteiger charge is -2.13. The van der Waals surface area contributed by atoms with E-state index in [1.54, 1.807) is 13.2 Å². The third-order valence-electron chi connectivity index (χ3n) is 2.21. The fourth-order valence-electron chi connectivity index (χ4n) is 1.43. The van der Waals surface area contributed by atoms with Crippen molar-refractivity contribution in [2.24, 2.45) is 0 Å². The van der Waals surface area contributed by atoms with E-state index in [-0.39, 0.29) is 6.10 Å². The first-order chi connectivity index (χ1) is 7.24. The fraction of sp³-hybridized carbons (Fsp3) is 0.385. The van der Waals surface area contributed by atoms with Crippen LogP contribution in [0.2, 0.25) is 0 Å². The van der Waals surface area contributed by atoms with E-state index in [1.165, 1.54) is 6.92 Å². The third kappa shape index (κ3) is 4.26. The lowest BCUT2D eigenvalue weighted by molar-refractivity contribution is 0.106. The second-order valence-electron chi connectivity index (χ2n) is 3.48. The predicted octanol–water partition coefficient (Wildman–Crippen LogP) is 3.68. The van der Waals surface area contributed by atoms with Crippen molar-refractivity contribution < 1.29 is 9.13 Å². The van der Waals surface area contributed by atoms with Gasteiger partial charge in [-0.15, -0.1) is 0 Å². The Bertz CT molecular complexity index is 293. The quantitative estimate of drug-likeness (QED) is 0.671. The van der Waals surface area contributed by atoms with Crippen molar-refractivity contribution in [3.8, 4) is 0 Å². The Labute approximate surface area is 90.6 Å². The maximum Gasteiger partial charge on any atom is 0.115 e. The summed E-state index contributed by atoms with van der Waals surface area (Å²) < 4.78 is 17.9. The summed E-state index contributed by atoms with van der Waals surface area (Å²) in [6, 6.07) is 9.95. The zero-order valence-corrected chi connectivity index (χ0v) is 9.19. The van der Waals surface area contributed by atoms with Gasteiger partial charge < -0.3 is 4.74 Å². The molecule has 0 fully saturated rings. The van der Waals surface area contributed by atoms with Crippen LogP contribution < -0.4 is 0 Å². The van der Waals surface area contributed by atoms with E-state index in [0.29, 0.717) is 6.42 Å². The van der Waals surface area contributed by atoms with Crippen molar-refractivity contribution in [2.75, 3.05) is 7.11 Å². The van der Waals surface area contributed by atoms with Crippen molar-refractivity contribution in [1.29, 1.82) is 0 Å². The smallest absolute Gasteiger partial charge is 0.115 e. The molecule has 2 atom stereocenters. The maximum atomic E-state index is 12.5. The van der Waals surface area contributed by atoms with Gasteiger partial charge in [-0.3, -0.25) is 0 Å². The monoisotopic (exact) mass is 208 g/mol. The largest absolute Gasteiger partial charge is 0.376 e. The zero-order chi connectivity index (χ0) is 11.1. The summed E-state index contributed by atoms with van der Waals surface area (Å²) in [5.74, 6) is 0. The highest BCUT2D eigenvalue weighted by Crippen LogP contribution is 2.20. The van der Waals surface area contributed by atoms with Crippen LogP contribution in [0.25, 0.3) is 0 Å². The molecule has 0 N–H and O–H groups in total. The second kappa shape index (κ2) is 6.36. The number of ether oxygens (including phenoxy) is 1. The molecular weight excluding hydrogens is 191 g/mol. The molecule has 1 aromatic rings.